The molecule has 0 amide bonds. The second-order valence-corrected chi connectivity index (χ2v) is 4.52. The number of nitrogens with zero attached hydrogens (tertiary/aromatic N) is 2. The molecule has 3 nitrogen and oxygen atoms in total. The molecule has 82 valence electrons. The fourth-order valence-corrected chi connectivity index (χ4v) is 2.33. The van der Waals surface area contributed by atoms with Crippen molar-refractivity contribution in [2.45, 2.75) is 12.5 Å². The van der Waals surface area contributed by atoms with E-state index in [9.17, 15) is 0 Å². The first-order chi connectivity index (χ1) is 7.20. The average molecular weight is 246 g/mol. The summed E-state index contributed by atoms with van der Waals surface area (Å²) in [5, 5.41) is 4.46. The van der Waals surface area contributed by atoms with Gasteiger partial charge in [-0.1, -0.05) is 23.2 Å². The maximum Gasteiger partial charge on any atom is 0.147 e. The van der Waals surface area contributed by atoms with Crippen LogP contribution >= 0.6 is 23.2 Å². The van der Waals surface area contributed by atoms with Gasteiger partial charge in [0.2, 0.25) is 0 Å². The van der Waals surface area contributed by atoms with Gasteiger partial charge in [-0.2, -0.15) is 0 Å². The summed E-state index contributed by atoms with van der Waals surface area (Å²) in [6, 6.07) is 2.26. The minimum absolute atomic E-state index is 0.526. The second kappa shape index (κ2) is 4.56. The summed E-state index contributed by atoms with van der Waals surface area (Å²) in [5.74, 6) is 0.832. The molecule has 1 aromatic heterocycles. The highest BCUT2D eigenvalue weighted by Gasteiger charge is 2.23. The number of likely N-dealkylation sites (N-methyl/N-ethyl adjacent to an activating group) is 1. The van der Waals surface area contributed by atoms with E-state index in [1.807, 2.05) is 7.05 Å². The highest BCUT2D eigenvalue weighted by molar-refractivity contribution is 6.36. The van der Waals surface area contributed by atoms with Crippen LogP contribution in [0.2, 0.25) is 10.0 Å². The molecule has 1 atom stereocenters. The van der Waals surface area contributed by atoms with E-state index in [1.165, 1.54) is 0 Å². The lowest BCUT2D eigenvalue weighted by molar-refractivity contribution is 0.616. The Balaban J connectivity index is 2.17. The first-order valence-corrected chi connectivity index (χ1v) is 5.69. The van der Waals surface area contributed by atoms with E-state index in [0.717, 1.165) is 25.3 Å². The maximum atomic E-state index is 6.09. The van der Waals surface area contributed by atoms with Crippen LogP contribution in [0.25, 0.3) is 0 Å². The SMILES string of the molecule is CNC1CCN(c2ncc(Cl)cc2Cl)C1. The Morgan fingerprint density at radius 1 is 1.53 bits per heavy atom. The minimum atomic E-state index is 0.526. The molecule has 1 aromatic rings. The van der Waals surface area contributed by atoms with Crippen LogP contribution in [-0.4, -0.2) is 31.2 Å². The molecule has 0 spiro atoms. The topological polar surface area (TPSA) is 28.2 Å². The van der Waals surface area contributed by atoms with Crippen LogP contribution in [0, 0.1) is 0 Å². The van der Waals surface area contributed by atoms with Crippen LogP contribution in [0.4, 0.5) is 5.82 Å². The van der Waals surface area contributed by atoms with Gasteiger partial charge in [0.25, 0.3) is 0 Å². The van der Waals surface area contributed by atoms with Crippen molar-refractivity contribution in [1.29, 1.82) is 0 Å². The Morgan fingerprint density at radius 3 is 2.93 bits per heavy atom. The van der Waals surface area contributed by atoms with Gasteiger partial charge in [0, 0.05) is 25.3 Å². The Morgan fingerprint density at radius 2 is 2.33 bits per heavy atom. The minimum Gasteiger partial charge on any atom is -0.354 e. The van der Waals surface area contributed by atoms with Crippen molar-refractivity contribution in [3.8, 4) is 0 Å². The van der Waals surface area contributed by atoms with Gasteiger partial charge in [-0.15, -0.1) is 0 Å². The standard InChI is InChI=1S/C10H13Cl2N3/c1-13-8-2-3-15(6-8)10-9(12)4-7(11)5-14-10/h4-5,8,13H,2-3,6H2,1H3. The molecule has 1 fully saturated rings. The molecule has 2 heterocycles. The normalized spacial score (nSPS) is 21.0. The van der Waals surface area contributed by atoms with E-state index in [4.69, 9.17) is 23.2 Å². The second-order valence-electron chi connectivity index (χ2n) is 3.68. The zero-order valence-electron chi connectivity index (χ0n) is 8.50. The molecule has 15 heavy (non-hydrogen) atoms. The van der Waals surface area contributed by atoms with Crippen LogP contribution in [0.5, 0.6) is 0 Å². The molecule has 0 bridgehead atoms. The highest BCUT2D eigenvalue weighted by Crippen LogP contribution is 2.28. The molecule has 2 rings (SSSR count). The fraction of sp³-hybridized carbons (Fsp3) is 0.500. The van der Waals surface area contributed by atoms with Crippen molar-refractivity contribution < 1.29 is 0 Å². The molecular weight excluding hydrogens is 233 g/mol. The van der Waals surface area contributed by atoms with Crippen molar-refractivity contribution in [2.24, 2.45) is 0 Å². The van der Waals surface area contributed by atoms with E-state index in [2.05, 4.69) is 15.2 Å². The molecule has 0 radical (unpaired) electrons. The molecule has 1 N–H and O–H groups in total. The number of nitrogens with one attached hydrogen (secondary N) is 1. The van der Waals surface area contributed by atoms with Gasteiger partial charge in [0.1, 0.15) is 5.82 Å². The Bertz CT molecular complexity index is 357. The summed E-state index contributed by atoms with van der Waals surface area (Å²) < 4.78 is 0. The smallest absolute Gasteiger partial charge is 0.147 e. The van der Waals surface area contributed by atoms with Gasteiger partial charge in [0.15, 0.2) is 0 Å². The van der Waals surface area contributed by atoms with E-state index in [-0.39, 0.29) is 0 Å². The molecule has 1 unspecified atom stereocenters. The molecule has 1 aliphatic heterocycles. The van der Waals surface area contributed by atoms with Crippen LogP contribution in [0.1, 0.15) is 6.42 Å². The lowest BCUT2D eigenvalue weighted by atomic mass is 10.3. The van der Waals surface area contributed by atoms with Crippen molar-refractivity contribution in [3.05, 3.63) is 22.3 Å². The summed E-state index contributed by atoms with van der Waals surface area (Å²) in [7, 11) is 1.98. The summed E-state index contributed by atoms with van der Waals surface area (Å²) in [6.07, 6.45) is 2.76. The van der Waals surface area contributed by atoms with E-state index >= 15 is 0 Å². The predicted octanol–water partition coefficient (Wildman–Crippen LogP) is 2.19. The molecular formula is C10H13Cl2N3. The summed E-state index contributed by atoms with van der Waals surface area (Å²) >= 11 is 11.9. The van der Waals surface area contributed by atoms with Crippen molar-refractivity contribution in [3.63, 3.8) is 0 Å². The molecule has 1 aliphatic rings. The van der Waals surface area contributed by atoms with E-state index in [1.54, 1.807) is 12.3 Å². The van der Waals surface area contributed by atoms with Gasteiger partial charge >= 0.3 is 0 Å². The number of hydrogen-bond acceptors (Lipinski definition) is 3. The van der Waals surface area contributed by atoms with Gasteiger partial charge < -0.3 is 10.2 Å². The molecule has 0 aromatic carbocycles. The van der Waals surface area contributed by atoms with Gasteiger partial charge in [0.05, 0.1) is 10.0 Å². The number of anilines is 1. The number of halogens is 2. The predicted molar refractivity (Wildman–Crippen MR) is 63.9 cm³/mol. The number of pyridine rings is 1. The van der Waals surface area contributed by atoms with Gasteiger partial charge in [-0.05, 0) is 19.5 Å². The Kier molecular flexibility index (Phi) is 3.34. The zero-order valence-corrected chi connectivity index (χ0v) is 10.0. The highest BCUT2D eigenvalue weighted by atomic mass is 35.5. The number of hydrogen-bond donors (Lipinski definition) is 1. The monoisotopic (exact) mass is 245 g/mol. The summed E-state index contributed by atoms with van der Waals surface area (Å²) in [6.45, 7) is 1.94. The first-order valence-electron chi connectivity index (χ1n) is 4.94. The van der Waals surface area contributed by atoms with Crippen LogP contribution < -0.4 is 10.2 Å². The zero-order chi connectivity index (χ0) is 10.8. The van der Waals surface area contributed by atoms with Crippen LogP contribution in [0.3, 0.4) is 0 Å². The van der Waals surface area contributed by atoms with E-state index < -0.39 is 0 Å². The molecule has 0 aliphatic carbocycles. The van der Waals surface area contributed by atoms with E-state index in [0.29, 0.717) is 16.1 Å². The third kappa shape index (κ3) is 2.36. The lowest BCUT2D eigenvalue weighted by Crippen LogP contribution is -2.29. The quantitative estimate of drug-likeness (QED) is 0.866. The van der Waals surface area contributed by atoms with Crippen molar-refractivity contribution in [1.82, 2.24) is 10.3 Å². The Labute approximate surface area is 99.4 Å². The Hall–Kier alpha value is -0.510. The number of rotatable bonds is 2. The third-order valence-electron chi connectivity index (χ3n) is 2.68. The van der Waals surface area contributed by atoms with Crippen molar-refractivity contribution >= 4 is 29.0 Å². The average Bonchev–Trinajstić information content (AvgIpc) is 2.66. The third-order valence-corrected chi connectivity index (χ3v) is 3.17. The molecule has 5 heteroatoms. The van der Waals surface area contributed by atoms with Gasteiger partial charge in [-0.25, -0.2) is 4.98 Å². The molecule has 1 saturated heterocycles. The van der Waals surface area contributed by atoms with Gasteiger partial charge in [-0.3, -0.25) is 0 Å². The van der Waals surface area contributed by atoms with Crippen LogP contribution in [-0.2, 0) is 0 Å². The largest absolute Gasteiger partial charge is 0.354 e. The number of aromatic nitrogens is 1. The maximum absolute atomic E-state index is 6.09. The fourth-order valence-electron chi connectivity index (χ4n) is 1.83. The molecule has 0 saturated carbocycles. The summed E-state index contributed by atoms with van der Waals surface area (Å²) in [4.78, 5) is 6.44. The van der Waals surface area contributed by atoms with Crippen molar-refractivity contribution in [2.75, 3.05) is 25.0 Å². The van der Waals surface area contributed by atoms with Crippen LogP contribution in [0.15, 0.2) is 12.3 Å². The lowest BCUT2D eigenvalue weighted by Gasteiger charge is -2.18. The summed E-state index contributed by atoms with van der Waals surface area (Å²) in [5.41, 5.74) is 0. The first kappa shape index (κ1) is 11.0.